The molecule has 0 heterocycles. The fourth-order valence-corrected chi connectivity index (χ4v) is 2.15. The monoisotopic (exact) mass is 270 g/mol. The Bertz CT molecular complexity index is 454. The van der Waals surface area contributed by atoms with Crippen molar-refractivity contribution in [2.45, 2.75) is 26.3 Å². The summed E-state index contributed by atoms with van der Waals surface area (Å²) >= 11 is 0. The van der Waals surface area contributed by atoms with E-state index in [1.54, 1.807) is 0 Å². The van der Waals surface area contributed by atoms with Crippen LogP contribution in [0.2, 0.25) is 0 Å². The van der Waals surface area contributed by atoms with E-state index in [1.165, 1.54) is 17.4 Å². The van der Waals surface area contributed by atoms with E-state index in [0.717, 1.165) is 13.0 Å². The normalized spacial score (nSPS) is 13.5. The second-order valence-corrected chi connectivity index (χ2v) is 6.44. The summed E-state index contributed by atoms with van der Waals surface area (Å²) in [6.07, 6.45) is 1.96. The van der Waals surface area contributed by atoms with Gasteiger partial charge in [0.2, 0.25) is 10.0 Å². The number of nitrogens with one attached hydrogen (secondary N) is 2. The van der Waals surface area contributed by atoms with Crippen molar-refractivity contribution in [1.82, 2.24) is 10.0 Å². The van der Waals surface area contributed by atoms with E-state index in [9.17, 15) is 8.42 Å². The molecule has 0 saturated heterocycles. The molecule has 1 aromatic carbocycles. The third-order valence-electron chi connectivity index (χ3n) is 2.75. The summed E-state index contributed by atoms with van der Waals surface area (Å²) in [5.41, 5.74) is 2.50. The van der Waals surface area contributed by atoms with Crippen LogP contribution in [-0.4, -0.2) is 27.8 Å². The van der Waals surface area contributed by atoms with Crippen molar-refractivity contribution in [2.75, 3.05) is 19.3 Å². The summed E-state index contributed by atoms with van der Waals surface area (Å²) in [7, 11) is -3.06. The lowest BCUT2D eigenvalue weighted by atomic mass is 10.1. The van der Waals surface area contributed by atoms with Gasteiger partial charge in [0.15, 0.2) is 0 Å². The van der Waals surface area contributed by atoms with Gasteiger partial charge in [0, 0.05) is 12.6 Å². The average Bonchev–Trinajstić information content (AvgIpc) is 2.27. The fraction of sp³-hybridized carbons (Fsp3) is 0.538. The van der Waals surface area contributed by atoms with E-state index in [0.29, 0.717) is 6.54 Å². The molecule has 1 unspecified atom stereocenters. The molecule has 2 N–H and O–H groups in total. The molecule has 0 saturated carbocycles. The Labute approximate surface area is 110 Å². The van der Waals surface area contributed by atoms with E-state index in [4.69, 9.17) is 0 Å². The lowest BCUT2D eigenvalue weighted by molar-refractivity contribution is 0.548. The molecule has 0 aliphatic heterocycles. The zero-order valence-electron chi connectivity index (χ0n) is 11.2. The van der Waals surface area contributed by atoms with Crippen molar-refractivity contribution in [3.05, 3.63) is 35.4 Å². The number of benzene rings is 1. The van der Waals surface area contributed by atoms with Crippen molar-refractivity contribution in [3.63, 3.8) is 0 Å². The van der Waals surface area contributed by atoms with Gasteiger partial charge in [0.1, 0.15) is 0 Å². The van der Waals surface area contributed by atoms with Gasteiger partial charge in [-0.25, -0.2) is 13.1 Å². The number of hydrogen-bond acceptors (Lipinski definition) is 3. The predicted octanol–water partition coefficient (Wildman–Crippen LogP) is 1.58. The van der Waals surface area contributed by atoms with Gasteiger partial charge in [-0.1, -0.05) is 29.8 Å². The Morgan fingerprint density at radius 1 is 1.17 bits per heavy atom. The van der Waals surface area contributed by atoms with Crippen molar-refractivity contribution < 1.29 is 8.42 Å². The molecule has 4 nitrogen and oxygen atoms in total. The van der Waals surface area contributed by atoms with Crippen LogP contribution in [0, 0.1) is 6.92 Å². The van der Waals surface area contributed by atoms with Gasteiger partial charge in [-0.15, -0.1) is 0 Å². The Kier molecular flexibility index (Phi) is 5.78. The molecule has 1 atom stereocenters. The molecule has 1 aromatic rings. The molecule has 18 heavy (non-hydrogen) atoms. The first kappa shape index (κ1) is 15.1. The number of rotatable bonds is 7. The van der Waals surface area contributed by atoms with E-state index in [-0.39, 0.29) is 6.04 Å². The Balaban J connectivity index is 2.25. The molecule has 0 spiro atoms. The standard InChI is InChI=1S/C13H22N2O2S/c1-11-5-7-13(8-6-11)12(2)14-9-4-10-15-18(3,16)17/h5-8,12,14-15H,4,9-10H2,1-3H3. The highest BCUT2D eigenvalue weighted by Gasteiger charge is 2.04. The molecule has 5 heteroatoms. The van der Waals surface area contributed by atoms with Gasteiger partial charge < -0.3 is 5.32 Å². The van der Waals surface area contributed by atoms with Gasteiger partial charge in [0.25, 0.3) is 0 Å². The second-order valence-electron chi connectivity index (χ2n) is 4.61. The lowest BCUT2D eigenvalue weighted by Crippen LogP contribution is -2.27. The highest BCUT2D eigenvalue weighted by atomic mass is 32.2. The first-order valence-electron chi connectivity index (χ1n) is 6.13. The maximum Gasteiger partial charge on any atom is 0.208 e. The summed E-state index contributed by atoms with van der Waals surface area (Å²) in [4.78, 5) is 0. The number of hydrogen-bond donors (Lipinski definition) is 2. The highest BCUT2D eigenvalue weighted by Crippen LogP contribution is 2.12. The zero-order chi connectivity index (χ0) is 13.6. The molecule has 102 valence electrons. The second kappa shape index (κ2) is 6.87. The number of aryl methyl sites for hydroxylation is 1. The minimum absolute atomic E-state index is 0.281. The topological polar surface area (TPSA) is 58.2 Å². The summed E-state index contributed by atoms with van der Waals surface area (Å²) in [6.45, 7) is 5.44. The molecular weight excluding hydrogens is 248 g/mol. The molecule has 1 rings (SSSR count). The molecular formula is C13H22N2O2S. The van der Waals surface area contributed by atoms with Crippen LogP contribution in [0.4, 0.5) is 0 Å². The van der Waals surface area contributed by atoms with Crippen LogP contribution in [0.15, 0.2) is 24.3 Å². The Morgan fingerprint density at radius 3 is 2.33 bits per heavy atom. The van der Waals surface area contributed by atoms with Gasteiger partial charge >= 0.3 is 0 Å². The first-order chi connectivity index (χ1) is 8.38. The van der Waals surface area contributed by atoms with E-state index >= 15 is 0 Å². The molecule has 0 aliphatic rings. The van der Waals surface area contributed by atoms with Gasteiger partial charge in [-0.05, 0) is 32.4 Å². The van der Waals surface area contributed by atoms with E-state index in [2.05, 4.69) is 48.2 Å². The quantitative estimate of drug-likeness (QED) is 0.740. The Morgan fingerprint density at radius 2 is 1.78 bits per heavy atom. The summed E-state index contributed by atoms with van der Waals surface area (Å²) in [5, 5.41) is 3.37. The van der Waals surface area contributed by atoms with Crippen LogP contribution in [-0.2, 0) is 10.0 Å². The van der Waals surface area contributed by atoms with Crippen LogP contribution in [0.25, 0.3) is 0 Å². The van der Waals surface area contributed by atoms with Crippen LogP contribution in [0.5, 0.6) is 0 Å². The SMILES string of the molecule is Cc1ccc(C(C)NCCCNS(C)(=O)=O)cc1. The zero-order valence-corrected chi connectivity index (χ0v) is 12.0. The van der Waals surface area contributed by atoms with Gasteiger partial charge in [0.05, 0.1) is 6.26 Å². The van der Waals surface area contributed by atoms with E-state index < -0.39 is 10.0 Å². The first-order valence-corrected chi connectivity index (χ1v) is 8.02. The predicted molar refractivity (Wildman–Crippen MR) is 75.1 cm³/mol. The maximum atomic E-state index is 10.9. The summed E-state index contributed by atoms with van der Waals surface area (Å²) in [5.74, 6) is 0. The summed E-state index contributed by atoms with van der Waals surface area (Å²) in [6, 6.07) is 8.70. The van der Waals surface area contributed by atoms with Crippen LogP contribution < -0.4 is 10.0 Å². The number of sulfonamides is 1. The highest BCUT2D eigenvalue weighted by molar-refractivity contribution is 7.88. The van der Waals surface area contributed by atoms with Gasteiger partial charge in [-0.3, -0.25) is 0 Å². The van der Waals surface area contributed by atoms with E-state index in [1.807, 2.05) is 0 Å². The molecule has 0 aliphatic carbocycles. The average molecular weight is 270 g/mol. The molecule has 0 bridgehead atoms. The molecule has 0 aromatic heterocycles. The molecule has 0 amide bonds. The lowest BCUT2D eigenvalue weighted by Gasteiger charge is -2.14. The van der Waals surface area contributed by atoms with Gasteiger partial charge in [-0.2, -0.15) is 0 Å². The third-order valence-corrected chi connectivity index (χ3v) is 3.47. The minimum atomic E-state index is -3.06. The van der Waals surface area contributed by atoms with Crippen molar-refractivity contribution in [2.24, 2.45) is 0 Å². The van der Waals surface area contributed by atoms with Crippen molar-refractivity contribution in [1.29, 1.82) is 0 Å². The minimum Gasteiger partial charge on any atom is -0.310 e. The van der Waals surface area contributed by atoms with Crippen LogP contribution in [0.3, 0.4) is 0 Å². The van der Waals surface area contributed by atoms with Crippen LogP contribution in [0.1, 0.15) is 30.5 Å². The van der Waals surface area contributed by atoms with Crippen molar-refractivity contribution in [3.8, 4) is 0 Å². The maximum absolute atomic E-state index is 10.9. The summed E-state index contributed by atoms with van der Waals surface area (Å²) < 4.78 is 24.2. The van der Waals surface area contributed by atoms with Crippen molar-refractivity contribution >= 4 is 10.0 Å². The largest absolute Gasteiger partial charge is 0.310 e. The third kappa shape index (κ3) is 6.14. The fourth-order valence-electron chi connectivity index (χ4n) is 1.64. The molecule has 0 radical (unpaired) electrons. The molecule has 0 fully saturated rings. The smallest absolute Gasteiger partial charge is 0.208 e. The van der Waals surface area contributed by atoms with Crippen LogP contribution >= 0.6 is 0 Å². The Hall–Kier alpha value is -0.910.